The van der Waals surface area contributed by atoms with Crippen LogP contribution in [0.25, 0.3) is 0 Å². The van der Waals surface area contributed by atoms with E-state index in [0.717, 1.165) is 0 Å². The van der Waals surface area contributed by atoms with Crippen LogP contribution in [0.1, 0.15) is 24.2 Å². The van der Waals surface area contributed by atoms with Gasteiger partial charge in [0.2, 0.25) is 0 Å². The first-order valence-corrected chi connectivity index (χ1v) is 8.57. The number of ketones is 1. The minimum Gasteiger partial charge on any atom is -0.482 e. The molecule has 142 valence electrons. The molecule has 0 saturated heterocycles. The maximum atomic E-state index is 12.1. The Hall–Kier alpha value is -2.64. The van der Waals surface area contributed by atoms with Gasteiger partial charge in [0.15, 0.2) is 24.3 Å². The number of anilines is 1. The molecule has 0 aliphatic heterocycles. The van der Waals surface area contributed by atoms with Crippen LogP contribution in [0.4, 0.5) is 5.82 Å². The first-order chi connectivity index (χ1) is 12.8. The Kier molecular flexibility index (Phi) is 7.15. The summed E-state index contributed by atoms with van der Waals surface area (Å²) in [6.07, 6.45) is 0.223. The second-order valence-electron chi connectivity index (χ2n) is 5.48. The van der Waals surface area contributed by atoms with Gasteiger partial charge < -0.3 is 14.8 Å². The number of benzene rings is 1. The molecule has 2 aromatic rings. The zero-order valence-corrected chi connectivity index (χ0v) is 16.0. The normalized spacial score (nSPS) is 11.4. The SMILES string of the molecule is CC(=O)c1cccc(OCC(=O)O[C@@H](C)C(=O)Nc2ncc(Cl)cc2Cl)c1. The molecule has 0 aliphatic carbocycles. The minimum atomic E-state index is -1.10. The van der Waals surface area contributed by atoms with Crippen LogP contribution in [-0.4, -0.2) is 35.4 Å². The molecule has 9 heteroatoms. The third-order valence-corrected chi connectivity index (χ3v) is 3.82. The Bertz CT molecular complexity index is 873. The van der Waals surface area contributed by atoms with Crippen molar-refractivity contribution in [2.75, 3.05) is 11.9 Å². The Morgan fingerprint density at radius 3 is 2.63 bits per heavy atom. The Morgan fingerprint density at radius 1 is 1.22 bits per heavy atom. The molecule has 27 heavy (non-hydrogen) atoms. The minimum absolute atomic E-state index is 0.103. The number of Topliss-reactive ketones (excluding diaryl/α,β-unsaturated/α-hetero) is 1. The highest BCUT2D eigenvalue weighted by atomic mass is 35.5. The molecule has 1 heterocycles. The van der Waals surface area contributed by atoms with Gasteiger partial charge in [0.25, 0.3) is 5.91 Å². The van der Waals surface area contributed by atoms with E-state index in [1.165, 1.54) is 32.2 Å². The van der Waals surface area contributed by atoms with E-state index in [2.05, 4.69) is 10.3 Å². The molecular weight excluding hydrogens is 395 g/mol. The number of carbonyl (C=O) groups excluding carboxylic acids is 3. The zero-order chi connectivity index (χ0) is 20.0. The summed E-state index contributed by atoms with van der Waals surface area (Å²) in [4.78, 5) is 39.2. The average molecular weight is 411 g/mol. The maximum absolute atomic E-state index is 12.1. The number of halogens is 2. The summed E-state index contributed by atoms with van der Waals surface area (Å²) in [5.41, 5.74) is 0.459. The van der Waals surface area contributed by atoms with Gasteiger partial charge in [-0.1, -0.05) is 35.3 Å². The molecule has 1 N–H and O–H groups in total. The highest BCUT2D eigenvalue weighted by Gasteiger charge is 2.20. The Labute approximate surface area is 165 Å². The van der Waals surface area contributed by atoms with Crippen LogP contribution in [0.5, 0.6) is 5.75 Å². The summed E-state index contributed by atoms with van der Waals surface area (Å²) in [7, 11) is 0. The number of pyridine rings is 1. The maximum Gasteiger partial charge on any atom is 0.344 e. The summed E-state index contributed by atoms with van der Waals surface area (Å²) in [6, 6.07) is 7.81. The second kappa shape index (κ2) is 9.34. The van der Waals surface area contributed by atoms with Gasteiger partial charge in [0.05, 0.1) is 10.0 Å². The van der Waals surface area contributed by atoms with Crippen molar-refractivity contribution in [1.29, 1.82) is 0 Å². The fraction of sp³-hybridized carbons (Fsp3) is 0.222. The van der Waals surface area contributed by atoms with Crippen molar-refractivity contribution in [2.45, 2.75) is 20.0 Å². The number of aromatic nitrogens is 1. The predicted molar refractivity (Wildman–Crippen MR) is 100 cm³/mol. The zero-order valence-electron chi connectivity index (χ0n) is 14.5. The Morgan fingerprint density at radius 2 is 1.96 bits per heavy atom. The first-order valence-electron chi connectivity index (χ1n) is 7.81. The molecule has 0 aliphatic rings. The van der Waals surface area contributed by atoms with Crippen LogP contribution in [0.15, 0.2) is 36.5 Å². The van der Waals surface area contributed by atoms with Crippen molar-refractivity contribution in [1.82, 2.24) is 4.98 Å². The van der Waals surface area contributed by atoms with E-state index in [9.17, 15) is 14.4 Å². The number of nitrogens with zero attached hydrogens (tertiary/aromatic N) is 1. The van der Waals surface area contributed by atoms with E-state index in [1.807, 2.05) is 0 Å². The van der Waals surface area contributed by atoms with E-state index < -0.39 is 24.6 Å². The van der Waals surface area contributed by atoms with Gasteiger partial charge in [0.1, 0.15) is 5.75 Å². The fourth-order valence-corrected chi connectivity index (χ4v) is 2.38. The van der Waals surface area contributed by atoms with Crippen molar-refractivity contribution in [3.8, 4) is 5.75 Å². The van der Waals surface area contributed by atoms with Crippen LogP contribution in [0.3, 0.4) is 0 Å². The highest BCUT2D eigenvalue weighted by Crippen LogP contribution is 2.22. The van der Waals surface area contributed by atoms with Crippen molar-refractivity contribution >= 4 is 46.7 Å². The average Bonchev–Trinajstić information content (AvgIpc) is 2.62. The number of carbonyl (C=O) groups is 3. The van der Waals surface area contributed by atoms with Crippen molar-refractivity contribution in [3.63, 3.8) is 0 Å². The van der Waals surface area contributed by atoms with E-state index in [-0.39, 0.29) is 16.6 Å². The van der Waals surface area contributed by atoms with E-state index in [4.69, 9.17) is 32.7 Å². The van der Waals surface area contributed by atoms with E-state index in [1.54, 1.807) is 18.2 Å². The van der Waals surface area contributed by atoms with E-state index in [0.29, 0.717) is 16.3 Å². The third kappa shape index (κ3) is 6.23. The van der Waals surface area contributed by atoms with Crippen LogP contribution in [0.2, 0.25) is 10.0 Å². The number of ether oxygens (including phenoxy) is 2. The first kappa shape index (κ1) is 20.7. The molecule has 0 saturated carbocycles. The number of hydrogen-bond donors (Lipinski definition) is 1. The topological polar surface area (TPSA) is 94.6 Å². The summed E-state index contributed by atoms with van der Waals surface area (Å²) in [5.74, 6) is -1.04. The number of rotatable bonds is 7. The lowest BCUT2D eigenvalue weighted by molar-refractivity contribution is -0.155. The van der Waals surface area contributed by atoms with Gasteiger partial charge in [-0.05, 0) is 32.0 Å². The standard InChI is InChI=1S/C18H16Cl2N2O5/c1-10(23)12-4-3-5-14(6-12)26-9-16(24)27-11(2)18(25)22-17-15(20)7-13(19)8-21-17/h3-8,11H,9H2,1-2H3,(H,21,22,25)/t11-/m0/s1. The van der Waals surface area contributed by atoms with Crippen LogP contribution in [0, 0.1) is 0 Å². The molecule has 0 spiro atoms. The monoisotopic (exact) mass is 410 g/mol. The quantitative estimate of drug-likeness (QED) is 0.553. The molecule has 1 atom stereocenters. The van der Waals surface area contributed by atoms with Gasteiger partial charge in [-0.25, -0.2) is 9.78 Å². The van der Waals surface area contributed by atoms with Crippen LogP contribution in [-0.2, 0) is 14.3 Å². The van der Waals surface area contributed by atoms with Gasteiger partial charge in [-0.15, -0.1) is 0 Å². The van der Waals surface area contributed by atoms with Gasteiger partial charge in [0, 0.05) is 11.8 Å². The number of nitrogens with one attached hydrogen (secondary N) is 1. The number of hydrogen-bond acceptors (Lipinski definition) is 6. The molecule has 1 aromatic heterocycles. The number of esters is 1. The lowest BCUT2D eigenvalue weighted by atomic mass is 10.1. The molecule has 1 amide bonds. The lowest BCUT2D eigenvalue weighted by Crippen LogP contribution is -2.32. The van der Waals surface area contributed by atoms with Gasteiger partial charge in [-0.2, -0.15) is 0 Å². The van der Waals surface area contributed by atoms with E-state index >= 15 is 0 Å². The molecule has 2 rings (SSSR count). The molecule has 0 radical (unpaired) electrons. The summed E-state index contributed by atoms with van der Waals surface area (Å²) in [6.45, 7) is 2.40. The largest absolute Gasteiger partial charge is 0.482 e. The summed E-state index contributed by atoms with van der Waals surface area (Å²) < 4.78 is 10.3. The van der Waals surface area contributed by atoms with Crippen molar-refractivity contribution in [2.24, 2.45) is 0 Å². The smallest absolute Gasteiger partial charge is 0.344 e. The van der Waals surface area contributed by atoms with Crippen LogP contribution >= 0.6 is 23.2 Å². The molecular formula is C18H16Cl2N2O5. The number of amides is 1. The summed E-state index contributed by atoms with van der Waals surface area (Å²) in [5, 5.41) is 2.92. The molecule has 0 bridgehead atoms. The Balaban J connectivity index is 1.86. The third-order valence-electron chi connectivity index (χ3n) is 3.32. The molecule has 0 fully saturated rings. The summed E-state index contributed by atoms with van der Waals surface area (Å²) >= 11 is 11.7. The van der Waals surface area contributed by atoms with Gasteiger partial charge in [-0.3, -0.25) is 9.59 Å². The highest BCUT2D eigenvalue weighted by molar-refractivity contribution is 6.36. The second-order valence-corrected chi connectivity index (χ2v) is 6.32. The molecule has 7 nitrogen and oxygen atoms in total. The fourth-order valence-electron chi connectivity index (χ4n) is 1.96. The molecule has 0 unspecified atom stereocenters. The van der Waals surface area contributed by atoms with Crippen molar-refractivity contribution < 1.29 is 23.9 Å². The van der Waals surface area contributed by atoms with Gasteiger partial charge >= 0.3 is 5.97 Å². The molecule has 1 aromatic carbocycles. The van der Waals surface area contributed by atoms with Crippen molar-refractivity contribution in [3.05, 3.63) is 52.1 Å². The lowest BCUT2D eigenvalue weighted by Gasteiger charge is -2.14. The predicted octanol–water partition coefficient (Wildman–Crippen LogP) is 3.54. The van der Waals surface area contributed by atoms with Crippen LogP contribution < -0.4 is 10.1 Å².